The summed E-state index contributed by atoms with van der Waals surface area (Å²) in [6.07, 6.45) is 0. The normalized spacial score (nSPS) is 20.1. The molecule has 7 heavy (non-hydrogen) atoms. The zero-order valence-corrected chi connectivity index (χ0v) is 4.14. The van der Waals surface area contributed by atoms with E-state index in [0.717, 1.165) is 4.63 Å². The fourth-order valence-electron chi connectivity index (χ4n) is 0.141. The van der Waals surface area contributed by atoms with Gasteiger partial charge in [0.25, 0.3) is 0 Å². The average molecular weight is 127 g/mol. The lowest BCUT2D eigenvalue weighted by Crippen LogP contribution is -1.97. The zero-order chi connectivity index (χ0) is 5.28. The maximum absolute atomic E-state index is 11.0. The van der Waals surface area contributed by atoms with E-state index < -0.39 is 6.61 Å². The highest BCUT2D eigenvalue weighted by molar-refractivity contribution is 7.32. The Morgan fingerprint density at radius 1 is 1.71 bits per heavy atom. The highest BCUT2D eigenvalue weighted by atomic mass is 31.1. The van der Waals surface area contributed by atoms with Crippen molar-refractivity contribution in [3.05, 3.63) is 0 Å². The van der Waals surface area contributed by atoms with E-state index in [-0.39, 0.29) is 8.88 Å². The summed E-state index contributed by atoms with van der Waals surface area (Å²) in [5, 5.41) is 0. The molecule has 0 aromatic rings. The molecule has 0 saturated heterocycles. The first-order valence-corrected chi connectivity index (χ1v) is 2.40. The second-order valence-electron chi connectivity index (χ2n) is 0.839. The molecule has 1 atom stereocenters. The first-order valence-electron chi connectivity index (χ1n) is 1.50. The SMILES string of the molecule is FC(F)O[N+]1=NP1. The molecule has 6 heteroatoms. The van der Waals surface area contributed by atoms with Gasteiger partial charge >= 0.3 is 15.5 Å². The van der Waals surface area contributed by atoms with Gasteiger partial charge in [0.05, 0.1) is 0 Å². The summed E-state index contributed by atoms with van der Waals surface area (Å²) in [7, 11) is 0.0733. The summed E-state index contributed by atoms with van der Waals surface area (Å²) >= 11 is 0. The summed E-state index contributed by atoms with van der Waals surface area (Å²) in [6, 6.07) is 0. The molecule has 0 N–H and O–H groups in total. The molecule has 0 bridgehead atoms. The molecule has 1 heterocycles. The third-order valence-corrected chi connectivity index (χ3v) is 0.830. The number of halogens is 2. The van der Waals surface area contributed by atoms with E-state index in [9.17, 15) is 8.78 Å². The molecule has 1 aliphatic heterocycles. The van der Waals surface area contributed by atoms with Crippen LogP contribution in [0.5, 0.6) is 0 Å². The van der Waals surface area contributed by atoms with E-state index in [2.05, 4.69) is 9.72 Å². The largest absolute Gasteiger partial charge is 0.452 e. The van der Waals surface area contributed by atoms with Crippen LogP contribution in [0.25, 0.3) is 0 Å². The molecule has 1 aliphatic rings. The Labute approximate surface area is 39.8 Å². The van der Waals surface area contributed by atoms with Crippen molar-refractivity contribution in [1.82, 2.24) is 0 Å². The van der Waals surface area contributed by atoms with Crippen LogP contribution in [-0.2, 0) is 4.84 Å². The lowest BCUT2D eigenvalue weighted by Gasteiger charge is -1.81. The Hall–Kier alpha value is -0.310. The monoisotopic (exact) mass is 127 g/mol. The van der Waals surface area contributed by atoms with E-state index in [0.29, 0.717) is 0 Å². The predicted molar refractivity (Wildman–Crippen MR) is 18.1 cm³/mol. The van der Waals surface area contributed by atoms with Crippen LogP contribution in [0, 0.1) is 0 Å². The minimum atomic E-state index is -2.72. The number of rotatable bonds is 2. The molecule has 0 radical (unpaired) electrons. The summed E-state index contributed by atoms with van der Waals surface area (Å²) in [5.41, 5.74) is 0. The number of alkyl halides is 2. The van der Waals surface area contributed by atoms with Crippen molar-refractivity contribution in [3.63, 3.8) is 0 Å². The van der Waals surface area contributed by atoms with Crippen LogP contribution in [-0.4, -0.2) is 11.2 Å². The van der Waals surface area contributed by atoms with Crippen LogP contribution in [0.2, 0.25) is 0 Å². The van der Waals surface area contributed by atoms with E-state index in [1.807, 2.05) is 0 Å². The van der Waals surface area contributed by atoms with Gasteiger partial charge < -0.3 is 0 Å². The fraction of sp³-hybridized carbons (Fsp3) is 1.00. The van der Waals surface area contributed by atoms with Crippen LogP contribution in [0.1, 0.15) is 0 Å². The minimum Gasteiger partial charge on any atom is -0.174 e. The molecule has 0 saturated carbocycles. The van der Waals surface area contributed by atoms with Gasteiger partial charge in [-0.05, 0) is 0 Å². The summed E-state index contributed by atoms with van der Waals surface area (Å²) < 4.78 is 22.9. The Morgan fingerprint density at radius 2 is 2.29 bits per heavy atom. The molecule has 1 rings (SSSR count). The molecular weight excluding hydrogens is 125 g/mol. The Morgan fingerprint density at radius 3 is 2.43 bits per heavy atom. The number of hydrogen-bond donors (Lipinski definition) is 0. The first-order chi connectivity index (χ1) is 3.29. The Bertz CT molecular complexity index is 104. The molecule has 1 unspecified atom stereocenters. The van der Waals surface area contributed by atoms with Gasteiger partial charge in [0.2, 0.25) is 0 Å². The molecule has 0 amide bonds. The van der Waals surface area contributed by atoms with Crippen molar-refractivity contribution in [2.45, 2.75) is 6.61 Å². The van der Waals surface area contributed by atoms with Gasteiger partial charge in [-0.1, -0.05) is 0 Å². The maximum atomic E-state index is 11.0. The van der Waals surface area contributed by atoms with Gasteiger partial charge in [0.1, 0.15) is 9.52 Å². The lowest BCUT2D eigenvalue weighted by atomic mass is 11.5. The third kappa shape index (κ3) is 1.73. The van der Waals surface area contributed by atoms with Gasteiger partial charge in [-0.25, -0.2) is 0 Å². The van der Waals surface area contributed by atoms with Crippen molar-refractivity contribution in [3.8, 4) is 0 Å². The van der Waals surface area contributed by atoms with E-state index in [4.69, 9.17) is 0 Å². The summed E-state index contributed by atoms with van der Waals surface area (Å²) in [5.74, 6) is 0. The molecule has 0 spiro atoms. The van der Waals surface area contributed by atoms with Crippen molar-refractivity contribution >= 4 is 8.88 Å². The molecular formula is CH2F2N2OP+. The molecule has 0 aromatic carbocycles. The number of nitrogens with zero attached hydrogens (tertiary/aromatic N) is 2. The van der Waals surface area contributed by atoms with Gasteiger partial charge in [0.15, 0.2) is 0 Å². The van der Waals surface area contributed by atoms with Crippen LogP contribution < -0.4 is 0 Å². The third-order valence-electron chi connectivity index (χ3n) is 0.361. The quantitative estimate of drug-likeness (QED) is 0.510. The lowest BCUT2D eigenvalue weighted by molar-refractivity contribution is -0.711. The van der Waals surface area contributed by atoms with E-state index in [1.54, 1.807) is 0 Å². The second-order valence-corrected chi connectivity index (χ2v) is 1.62. The highest BCUT2D eigenvalue weighted by Crippen LogP contribution is 2.31. The molecule has 0 fully saturated rings. The van der Waals surface area contributed by atoms with Gasteiger partial charge in [-0.3, -0.25) is 0 Å². The van der Waals surface area contributed by atoms with Crippen LogP contribution in [0.15, 0.2) is 4.88 Å². The smallest absolute Gasteiger partial charge is 0.174 e. The fourth-order valence-corrected chi connectivity index (χ4v) is 0.351. The Kier molecular flexibility index (Phi) is 1.15. The number of hydrogen-bond acceptors (Lipinski definition) is 2. The van der Waals surface area contributed by atoms with Crippen LogP contribution >= 0.6 is 8.88 Å². The first kappa shape index (κ1) is 4.84. The zero-order valence-electron chi connectivity index (χ0n) is 3.14. The van der Waals surface area contributed by atoms with Crippen molar-refractivity contribution in [2.24, 2.45) is 4.88 Å². The maximum Gasteiger partial charge on any atom is 0.452 e. The second kappa shape index (κ2) is 1.66. The van der Waals surface area contributed by atoms with Gasteiger partial charge in [0, 0.05) is 0 Å². The predicted octanol–water partition coefficient (Wildman–Crippen LogP) is 1.13. The van der Waals surface area contributed by atoms with E-state index >= 15 is 0 Å². The Balaban J connectivity index is 2.09. The molecule has 40 valence electrons. The topological polar surface area (TPSA) is 24.6 Å². The van der Waals surface area contributed by atoms with Crippen molar-refractivity contribution < 1.29 is 18.2 Å². The van der Waals surface area contributed by atoms with Crippen molar-refractivity contribution in [1.29, 1.82) is 0 Å². The van der Waals surface area contributed by atoms with Gasteiger partial charge in [-0.15, -0.1) is 0 Å². The standard InChI is InChI=1S/CH2F2N2OP/c2-1(3)6-5-4-7-5/h1,7H/q+1. The molecule has 3 nitrogen and oxygen atoms in total. The van der Waals surface area contributed by atoms with Crippen molar-refractivity contribution in [2.75, 3.05) is 0 Å². The summed E-state index contributed by atoms with van der Waals surface area (Å²) in [4.78, 5) is 7.01. The van der Waals surface area contributed by atoms with Crippen LogP contribution in [0.4, 0.5) is 8.78 Å². The molecule has 0 aromatic heterocycles. The van der Waals surface area contributed by atoms with E-state index in [1.165, 1.54) is 0 Å². The van der Waals surface area contributed by atoms with Gasteiger partial charge in [-0.2, -0.15) is 13.6 Å². The average Bonchev–Trinajstić information content (AvgIpc) is 2.17. The summed E-state index contributed by atoms with van der Waals surface area (Å²) in [6.45, 7) is -2.72. The molecule has 0 aliphatic carbocycles. The highest BCUT2D eigenvalue weighted by Gasteiger charge is 2.30. The minimum absolute atomic E-state index is 0.0733. The van der Waals surface area contributed by atoms with Crippen LogP contribution in [0.3, 0.4) is 0 Å².